The van der Waals surface area contributed by atoms with E-state index in [4.69, 9.17) is 0 Å². The zero-order valence-electron chi connectivity index (χ0n) is 16.1. The van der Waals surface area contributed by atoms with Gasteiger partial charge in [-0.1, -0.05) is 6.07 Å². The van der Waals surface area contributed by atoms with E-state index >= 15 is 0 Å². The van der Waals surface area contributed by atoms with Crippen LogP contribution in [-0.2, 0) is 0 Å². The minimum absolute atomic E-state index is 0.0433. The van der Waals surface area contributed by atoms with E-state index in [1.165, 1.54) is 0 Å². The normalized spacial score (nSPS) is 14.2. The summed E-state index contributed by atoms with van der Waals surface area (Å²) >= 11 is 0. The molecule has 8 nitrogen and oxygen atoms in total. The maximum absolute atomic E-state index is 13.0. The summed E-state index contributed by atoms with van der Waals surface area (Å²) in [5.41, 5.74) is 2.57. The van der Waals surface area contributed by atoms with Gasteiger partial charge < -0.3 is 14.7 Å². The monoisotopic (exact) mass is 377 g/mol. The molecule has 0 bridgehead atoms. The molecular weight excluding hydrogens is 354 g/mol. The third kappa shape index (κ3) is 3.66. The summed E-state index contributed by atoms with van der Waals surface area (Å²) in [5, 5.41) is 12.6. The predicted octanol–water partition coefficient (Wildman–Crippen LogP) is 1.69. The average molecular weight is 377 g/mol. The predicted molar refractivity (Wildman–Crippen MR) is 108 cm³/mol. The van der Waals surface area contributed by atoms with E-state index in [-0.39, 0.29) is 5.91 Å². The first-order valence-corrected chi connectivity index (χ1v) is 9.26. The fourth-order valence-corrected chi connectivity index (χ4v) is 3.27. The van der Waals surface area contributed by atoms with Crippen molar-refractivity contribution in [2.75, 3.05) is 50.1 Å². The number of amides is 1. The van der Waals surface area contributed by atoms with E-state index in [9.17, 15) is 4.79 Å². The lowest BCUT2D eigenvalue weighted by molar-refractivity contribution is 0.0746. The van der Waals surface area contributed by atoms with Gasteiger partial charge in [0, 0.05) is 64.3 Å². The van der Waals surface area contributed by atoms with Gasteiger partial charge in [-0.3, -0.25) is 4.79 Å². The molecular formula is C20H23N7O. The number of nitrogens with zero attached hydrogens (tertiary/aromatic N) is 7. The van der Waals surface area contributed by atoms with Crippen molar-refractivity contribution in [2.45, 2.75) is 0 Å². The highest BCUT2D eigenvalue weighted by Crippen LogP contribution is 2.19. The summed E-state index contributed by atoms with van der Waals surface area (Å²) in [4.78, 5) is 19.0. The second-order valence-corrected chi connectivity index (χ2v) is 6.95. The summed E-state index contributed by atoms with van der Waals surface area (Å²) in [6.45, 7) is 2.77. The maximum atomic E-state index is 13.0. The molecule has 0 saturated carbocycles. The van der Waals surface area contributed by atoms with Crippen molar-refractivity contribution in [3.63, 3.8) is 0 Å². The van der Waals surface area contributed by atoms with Crippen LogP contribution in [0.15, 0.2) is 55.0 Å². The van der Waals surface area contributed by atoms with Gasteiger partial charge in [-0.15, -0.1) is 5.10 Å². The Hall–Kier alpha value is -3.42. The Morgan fingerprint density at radius 2 is 1.89 bits per heavy atom. The minimum atomic E-state index is 0.0433. The summed E-state index contributed by atoms with van der Waals surface area (Å²) in [5.74, 6) is 0.890. The standard InChI is InChI=1S/C20H23N7O/c1-24(2)18-14-19(23-21-15-18)25-9-11-26(12-10-25)20(28)16-5-3-6-17(13-16)27-8-4-7-22-27/h3-8,13-15H,9-12H2,1-2H3. The van der Waals surface area contributed by atoms with Crippen molar-refractivity contribution in [2.24, 2.45) is 0 Å². The Labute approximate surface area is 164 Å². The molecule has 0 aliphatic carbocycles. The number of benzene rings is 1. The molecule has 0 radical (unpaired) electrons. The van der Waals surface area contributed by atoms with Crippen molar-refractivity contribution in [3.05, 3.63) is 60.6 Å². The molecule has 0 N–H and O–H groups in total. The number of carbonyl (C=O) groups excluding carboxylic acids is 1. The van der Waals surface area contributed by atoms with Crippen LogP contribution in [0.3, 0.4) is 0 Å². The number of carbonyl (C=O) groups is 1. The zero-order valence-corrected chi connectivity index (χ0v) is 16.1. The van der Waals surface area contributed by atoms with Crippen LogP contribution >= 0.6 is 0 Å². The highest BCUT2D eigenvalue weighted by atomic mass is 16.2. The van der Waals surface area contributed by atoms with E-state index in [0.717, 1.165) is 30.3 Å². The summed E-state index contributed by atoms with van der Waals surface area (Å²) in [7, 11) is 3.96. The van der Waals surface area contributed by atoms with E-state index in [0.29, 0.717) is 18.7 Å². The molecule has 1 amide bonds. The molecule has 8 heteroatoms. The molecule has 0 unspecified atom stereocenters. The molecule has 0 atom stereocenters. The third-order valence-corrected chi connectivity index (χ3v) is 4.90. The topological polar surface area (TPSA) is 70.4 Å². The molecule has 1 aliphatic rings. The van der Waals surface area contributed by atoms with Crippen LogP contribution in [0.1, 0.15) is 10.4 Å². The van der Waals surface area contributed by atoms with Crippen molar-refractivity contribution in [1.82, 2.24) is 24.9 Å². The van der Waals surface area contributed by atoms with Gasteiger partial charge in [0.1, 0.15) is 0 Å². The van der Waals surface area contributed by atoms with Crippen LogP contribution in [0.25, 0.3) is 5.69 Å². The zero-order chi connectivity index (χ0) is 19.5. The van der Waals surface area contributed by atoms with Crippen molar-refractivity contribution in [1.29, 1.82) is 0 Å². The smallest absolute Gasteiger partial charge is 0.254 e. The molecule has 4 rings (SSSR count). The molecule has 1 fully saturated rings. The largest absolute Gasteiger partial charge is 0.376 e. The SMILES string of the molecule is CN(C)c1cnnc(N2CCN(C(=O)c3cccc(-n4cccn4)c3)CC2)c1. The second-order valence-electron chi connectivity index (χ2n) is 6.95. The van der Waals surface area contributed by atoms with Crippen molar-refractivity contribution < 1.29 is 4.79 Å². The first-order valence-electron chi connectivity index (χ1n) is 9.26. The Balaban J connectivity index is 1.43. The first-order chi connectivity index (χ1) is 13.6. The summed E-state index contributed by atoms with van der Waals surface area (Å²) in [6.07, 6.45) is 5.34. The number of hydrogen-bond donors (Lipinski definition) is 0. The Kier molecular flexibility index (Phi) is 4.92. The lowest BCUT2D eigenvalue weighted by Crippen LogP contribution is -2.49. The van der Waals surface area contributed by atoms with Crippen LogP contribution in [0.5, 0.6) is 0 Å². The van der Waals surface area contributed by atoms with Gasteiger partial charge >= 0.3 is 0 Å². The summed E-state index contributed by atoms with van der Waals surface area (Å²) in [6, 6.07) is 11.5. The lowest BCUT2D eigenvalue weighted by atomic mass is 10.1. The first kappa shape index (κ1) is 18.0. The van der Waals surface area contributed by atoms with Gasteiger partial charge in [-0.25, -0.2) is 4.68 Å². The van der Waals surface area contributed by atoms with E-state index in [1.54, 1.807) is 17.1 Å². The van der Waals surface area contributed by atoms with Crippen LogP contribution in [-0.4, -0.2) is 71.1 Å². The molecule has 0 spiro atoms. The Morgan fingerprint density at radius 3 is 2.61 bits per heavy atom. The fourth-order valence-electron chi connectivity index (χ4n) is 3.27. The number of hydrogen-bond acceptors (Lipinski definition) is 6. The maximum Gasteiger partial charge on any atom is 0.254 e. The molecule has 1 aliphatic heterocycles. The van der Waals surface area contributed by atoms with Gasteiger partial charge in [0.25, 0.3) is 5.91 Å². The van der Waals surface area contributed by atoms with Crippen LogP contribution in [0.2, 0.25) is 0 Å². The second kappa shape index (κ2) is 7.67. The van der Waals surface area contributed by atoms with Gasteiger partial charge in [0.15, 0.2) is 5.82 Å². The van der Waals surface area contributed by atoms with Gasteiger partial charge in [-0.05, 0) is 24.3 Å². The summed E-state index contributed by atoms with van der Waals surface area (Å²) < 4.78 is 1.76. The lowest BCUT2D eigenvalue weighted by Gasteiger charge is -2.35. The number of aromatic nitrogens is 4. The molecule has 28 heavy (non-hydrogen) atoms. The molecule has 144 valence electrons. The van der Waals surface area contributed by atoms with Gasteiger partial charge in [0.2, 0.25) is 0 Å². The number of rotatable bonds is 4. The van der Waals surface area contributed by atoms with Crippen molar-refractivity contribution >= 4 is 17.4 Å². The van der Waals surface area contributed by atoms with Crippen molar-refractivity contribution in [3.8, 4) is 5.69 Å². The Bertz CT molecular complexity index is 947. The van der Waals surface area contributed by atoms with Crippen LogP contribution in [0.4, 0.5) is 11.5 Å². The highest BCUT2D eigenvalue weighted by Gasteiger charge is 2.23. The quantitative estimate of drug-likeness (QED) is 0.689. The third-order valence-electron chi connectivity index (χ3n) is 4.90. The van der Waals surface area contributed by atoms with Gasteiger partial charge in [0.05, 0.1) is 17.6 Å². The van der Waals surface area contributed by atoms with E-state index in [1.807, 2.05) is 66.5 Å². The average Bonchev–Trinajstić information content (AvgIpc) is 3.28. The highest BCUT2D eigenvalue weighted by molar-refractivity contribution is 5.95. The number of piperazine rings is 1. The number of anilines is 2. The fraction of sp³-hybridized carbons (Fsp3) is 0.300. The Morgan fingerprint density at radius 1 is 1.07 bits per heavy atom. The molecule has 2 aromatic heterocycles. The molecule has 3 aromatic rings. The van der Waals surface area contributed by atoms with E-state index in [2.05, 4.69) is 20.2 Å². The van der Waals surface area contributed by atoms with Crippen LogP contribution < -0.4 is 9.80 Å². The van der Waals surface area contributed by atoms with Gasteiger partial charge in [-0.2, -0.15) is 10.2 Å². The molecule has 1 aromatic carbocycles. The van der Waals surface area contributed by atoms with Crippen LogP contribution in [0, 0.1) is 0 Å². The minimum Gasteiger partial charge on any atom is -0.376 e. The van der Waals surface area contributed by atoms with E-state index < -0.39 is 0 Å². The molecule has 3 heterocycles. The molecule has 1 saturated heterocycles.